The number of nitrogens with one attached hydrogen (secondary N) is 2. The summed E-state index contributed by atoms with van der Waals surface area (Å²) in [5, 5.41) is 10.3. The van der Waals surface area contributed by atoms with E-state index in [-0.39, 0.29) is 17.5 Å². The molecule has 0 spiro atoms. The number of morpholine rings is 1. The molecule has 1 aromatic rings. The van der Waals surface area contributed by atoms with Crippen LogP contribution in [0.4, 0.5) is 0 Å². The fourth-order valence-corrected chi connectivity index (χ4v) is 4.18. The number of ether oxygens (including phenoxy) is 1. The van der Waals surface area contributed by atoms with Crippen molar-refractivity contribution < 1.29 is 9.53 Å². The van der Waals surface area contributed by atoms with Crippen LogP contribution in [0.15, 0.2) is 6.07 Å². The van der Waals surface area contributed by atoms with Gasteiger partial charge in [0.1, 0.15) is 0 Å². The molecule has 2 aliphatic rings. The Balaban J connectivity index is 1.64. The quantitative estimate of drug-likeness (QED) is 0.860. The number of H-pyrrole nitrogens is 1. The van der Waals surface area contributed by atoms with Crippen molar-refractivity contribution in [1.29, 1.82) is 0 Å². The minimum absolute atomic E-state index is 0.0588. The minimum Gasteiger partial charge on any atom is -0.379 e. The predicted molar refractivity (Wildman–Crippen MR) is 88.2 cm³/mol. The van der Waals surface area contributed by atoms with Crippen molar-refractivity contribution in [2.45, 2.75) is 57.5 Å². The fraction of sp³-hybridized carbons (Fsp3) is 0.765. The van der Waals surface area contributed by atoms with Gasteiger partial charge in [0.05, 0.1) is 25.3 Å². The molecule has 1 saturated carbocycles. The number of amides is 1. The van der Waals surface area contributed by atoms with E-state index in [0.717, 1.165) is 50.5 Å². The summed E-state index contributed by atoms with van der Waals surface area (Å²) >= 11 is 0. The lowest BCUT2D eigenvalue weighted by Crippen LogP contribution is -2.62. The number of carbonyl (C=O) groups is 1. The molecular formula is C17H28N4O2. The summed E-state index contributed by atoms with van der Waals surface area (Å²) in [6.07, 6.45) is 5.16. The van der Waals surface area contributed by atoms with E-state index in [2.05, 4.69) is 27.3 Å². The first kappa shape index (κ1) is 16.5. The molecule has 2 fully saturated rings. The predicted octanol–water partition coefficient (Wildman–Crippen LogP) is 1.41. The van der Waals surface area contributed by atoms with Gasteiger partial charge in [-0.25, -0.2) is 0 Å². The van der Waals surface area contributed by atoms with Gasteiger partial charge < -0.3 is 10.1 Å². The zero-order valence-electron chi connectivity index (χ0n) is 14.2. The molecule has 1 aliphatic carbocycles. The lowest BCUT2D eigenvalue weighted by Gasteiger charge is -2.47. The van der Waals surface area contributed by atoms with Crippen molar-refractivity contribution in [2.75, 3.05) is 26.3 Å². The molecule has 6 heteroatoms. The first-order chi connectivity index (χ1) is 11.1. The van der Waals surface area contributed by atoms with Crippen molar-refractivity contribution in [3.05, 3.63) is 17.5 Å². The largest absolute Gasteiger partial charge is 0.379 e. The molecular weight excluding hydrogens is 292 g/mol. The van der Waals surface area contributed by atoms with Gasteiger partial charge in [-0.2, -0.15) is 5.10 Å². The van der Waals surface area contributed by atoms with Crippen molar-refractivity contribution in [2.24, 2.45) is 0 Å². The maximum absolute atomic E-state index is 12.4. The summed E-state index contributed by atoms with van der Waals surface area (Å²) in [6, 6.07) is 2.08. The second-order valence-electron chi connectivity index (χ2n) is 6.92. The zero-order chi connectivity index (χ0) is 16.3. The number of nitrogens with zero attached hydrogens (tertiary/aromatic N) is 2. The molecule has 0 bridgehead atoms. The molecule has 1 amide bonds. The van der Waals surface area contributed by atoms with E-state index in [1.54, 1.807) is 0 Å². The van der Waals surface area contributed by atoms with Gasteiger partial charge in [0.25, 0.3) is 0 Å². The third-order valence-electron chi connectivity index (χ3n) is 5.39. The monoisotopic (exact) mass is 320 g/mol. The topological polar surface area (TPSA) is 70.2 Å². The Morgan fingerprint density at radius 3 is 2.74 bits per heavy atom. The van der Waals surface area contributed by atoms with E-state index in [9.17, 15) is 4.79 Å². The number of aromatic nitrogens is 2. The number of aryl methyl sites for hydroxylation is 1. The van der Waals surface area contributed by atoms with E-state index in [1.807, 2.05) is 13.0 Å². The lowest BCUT2D eigenvalue weighted by atomic mass is 9.86. The standard InChI is InChI=1S/C17H28N4O2/c1-13-11-15(20-19-13)12-16(22)18-14(2)17(5-3-4-6-17)21-7-9-23-10-8-21/h11,14H,3-10,12H2,1-2H3,(H,18,22)(H,19,20)/t14-/m1/s1. The number of rotatable bonds is 5. The van der Waals surface area contributed by atoms with Gasteiger partial charge in [0, 0.05) is 30.4 Å². The average molecular weight is 320 g/mol. The van der Waals surface area contributed by atoms with Crippen LogP contribution in [0.3, 0.4) is 0 Å². The second-order valence-corrected chi connectivity index (χ2v) is 6.92. The summed E-state index contributed by atoms with van der Waals surface area (Å²) in [5.74, 6) is 0.0588. The van der Waals surface area contributed by atoms with Crippen LogP contribution in [0.25, 0.3) is 0 Å². The van der Waals surface area contributed by atoms with Crippen LogP contribution < -0.4 is 5.32 Å². The summed E-state index contributed by atoms with van der Waals surface area (Å²) in [7, 11) is 0. The van der Waals surface area contributed by atoms with Crippen molar-refractivity contribution in [3.8, 4) is 0 Å². The van der Waals surface area contributed by atoms with Crippen LogP contribution in [0, 0.1) is 6.92 Å². The van der Waals surface area contributed by atoms with Crippen molar-refractivity contribution >= 4 is 5.91 Å². The Kier molecular flexibility index (Phi) is 5.02. The van der Waals surface area contributed by atoms with Crippen LogP contribution in [0.5, 0.6) is 0 Å². The molecule has 6 nitrogen and oxygen atoms in total. The molecule has 0 unspecified atom stereocenters. The van der Waals surface area contributed by atoms with Crippen LogP contribution in [0.2, 0.25) is 0 Å². The smallest absolute Gasteiger partial charge is 0.226 e. The number of carbonyl (C=O) groups excluding carboxylic acids is 1. The van der Waals surface area contributed by atoms with Gasteiger partial charge in [0.15, 0.2) is 0 Å². The molecule has 0 aromatic carbocycles. The van der Waals surface area contributed by atoms with Gasteiger partial charge in [-0.3, -0.25) is 14.8 Å². The SMILES string of the molecule is Cc1cc(CC(=O)N[C@H](C)C2(N3CCOCC3)CCCC2)n[nH]1. The maximum Gasteiger partial charge on any atom is 0.226 e. The third-order valence-corrected chi connectivity index (χ3v) is 5.39. The van der Waals surface area contributed by atoms with Crippen LogP contribution in [-0.2, 0) is 16.0 Å². The normalized spacial score (nSPS) is 22.9. The molecule has 1 aliphatic heterocycles. The molecule has 2 N–H and O–H groups in total. The molecule has 2 heterocycles. The highest BCUT2D eigenvalue weighted by Crippen LogP contribution is 2.38. The molecule has 1 atom stereocenters. The Hall–Kier alpha value is -1.40. The summed E-state index contributed by atoms with van der Waals surface area (Å²) in [4.78, 5) is 15.0. The first-order valence-corrected chi connectivity index (χ1v) is 8.73. The highest BCUT2D eigenvalue weighted by Gasteiger charge is 2.44. The van der Waals surface area contributed by atoms with Crippen molar-refractivity contribution in [1.82, 2.24) is 20.4 Å². The third kappa shape index (κ3) is 3.58. The first-order valence-electron chi connectivity index (χ1n) is 8.73. The summed E-state index contributed by atoms with van der Waals surface area (Å²) in [6.45, 7) is 7.65. The highest BCUT2D eigenvalue weighted by molar-refractivity contribution is 5.78. The minimum atomic E-state index is 0.0588. The Morgan fingerprint density at radius 2 is 2.13 bits per heavy atom. The Labute approximate surface area is 138 Å². The zero-order valence-corrected chi connectivity index (χ0v) is 14.2. The average Bonchev–Trinajstić information content (AvgIpc) is 3.18. The van der Waals surface area contributed by atoms with E-state index >= 15 is 0 Å². The van der Waals surface area contributed by atoms with E-state index in [1.165, 1.54) is 12.8 Å². The Morgan fingerprint density at radius 1 is 1.43 bits per heavy atom. The van der Waals surface area contributed by atoms with Gasteiger partial charge in [-0.05, 0) is 32.8 Å². The van der Waals surface area contributed by atoms with E-state index in [4.69, 9.17) is 4.74 Å². The van der Waals surface area contributed by atoms with Crippen LogP contribution in [-0.4, -0.2) is 58.9 Å². The van der Waals surface area contributed by atoms with Crippen LogP contribution in [0.1, 0.15) is 44.0 Å². The Bertz CT molecular complexity index is 530. The number of hydrogen-bond donors (Lipinski definition) is 2. The van der Waals surface area contributed by atoms with Gasteiger partial charge in [0.2, 0.25) is 5.91 Å². The van der Waals surface area contributed by atoms with E-state index < -0.39 is 0 Å². The number of aromatic amines is 1. The second kappa shape index (κ2) is 7.01. The summed E-state index contributed by atoms with van der Waals surface area (Å²) in [5.41, 5.74) is 1.89. The molecule has 128 valence electrons. The van der Waals surface area contributed by atoms with E-state index in [0.29, 0.717) is 6.42 Å². The molecule has 3 rings (SSSR count). The molecule has 1 aromatic heterocycles. The highest BCUT2D eigenvalue weighted by atomic mass is 16.5. The van der Waals surface area contributed by atoms with Crippen molar-refractivity contribution in [3.63, 3.8) is 0 Å². The number of hydrogen-bond acceptors (Lipinski definition) is 4. The maximum atomic E-state index is 12.4. The van der Waals surface area contributed by atoms with Gasteiger partial charge >= 0.3 is 0 Å². The lowest BCUT2D eigenvalue weighted by molar-refractivity contribution is -0.122. The van der Waals surface area contributed by atoms with Gasteiger partial charge in [-0.15, -0.1) is 0 Å². The summed E-state index contributed by atoms with van der Waals surface area (Å²) < 4.78 is 5.51. The molecule has 23 heavy (non-hydrogen) atoms. The molecule has 0 radical (unpaired) electrons. The van der Waals surface area contributed by atoms with Crippen LogP contribution >= 0.6 is 0 Å². The van der Waals surface area contributed by atoms with Gasteiger partial charge in [-0.1, -0.05) is 12.8 Å². The molecule has 1 saturated heterocycles. The fourth-order valence-electron chi connectivity index (χ4n) is 4.18.